The topological polar surface area (TPSA) is 79.6 Å². The zero-order chi connectivity index (χ0) is 24.8. The molecule has 11 heteroatoms. The first-order valence-corrected chi connectivity index (χ1v) is 11.1. The van der Waals surface area contributed by atoms with Gasteiger partial charge >= 0.3 is 0 Å². The van der Waals surface area contributed by atoms with Crippen LogP contribution >= 0.6 is 25.7 Å². The minimum Gasteiger partial charge on any atom is -0.366 e. The van der Waals surface area contributed by atoms with Crippen LogP contribution in [0.1, 0.15) is 34.0 Å². The van der Waals surface area contributed by atoms with E-state index in [1.165, 1.54) is 18.2 Å². The van der Waals surface area contributed by atoms with Gasteiger partial charge in [-0.05, 0) is 61.0 Å². The highest BCUT2D eigenvalue weighted by Crippen LogP contribution is 2.31. The highest BCUT2D eigenvalue weighted by atomic mass is 32.2. The molecule has 0 aliphatic heterocycles. The fraction of sp³-hybridized carbons (Fsp3) is 0.208. The summed E-state index contributed by atoms with van der Waals surface area (Å²) in [5.41, 5.74) is 9.12. The number of hydrogen-bond acceptors (Lipinski definition) is 6. The van der Waals surface area contributed by atoms with Crippen molar-refractivity contribution in [3.63, 3.8) is 0 Å². The zero-order valence-corrected chi connectivity index (χ0v) is 21.2. The van der Waals surface area contributed by atoms with Crippen molar-refractivity contribution in [1.82, 2.24) is 4.31 Å². The van der Waals surface area contributed by atoms with Crippen LogP contribution < -0.4 is 16.5 Å². The number of rotatable bonds is 10. The molecule has 0 aromatic heterocycles. The van der Waals surface area contributed by atoms with Gasteiger partial charge in [-0.2, -0.15) is 17.8 Å². The number of primary amides is 1. The SMILES string of the molecule is CCN(C)SONc1cccc(Cc2cc(C(N)=O)c(Nc3ccc(C)cc3F)c(F)c2F)c1.S. The van der Waals surface area contributed by atoms with Crippen LogP contribution in [-0.2, 0) is 10.7 Å². The number of anilines is 3. The van der Waals surface area contributed by atoms with Gasteiger partial charge in [0.25, 0.3) is 5.91 Å². The largest absolute Gasteiger partial charge is 0.366 e. The Hall–Kier alpha value is -2.86. The van der Waals surface area contributed by atoms with E-state index in [1.54, 1.807) is 37.3 Å². The Labute approximate surface area is 213 Å². The van der Waals surface area contributed by atoms with Crippen molar-refractivity contribution in [2.24, 2.45) is 5.73 Å². The number of benzene rings is 3. The second kappa shape index (κ2) is 12.7. The fourth-order valence-electron chi connectivity index (χ4n) is 3.13. The van der Waals surface area contributed by atoms with Gasteiger partial charge in [-0.15, -0.1) is 0 Å². The van der Waals surface area contributed by atoms with E-state index in [0.29, 0.717) is 16.8 Å². The van der Waals surface area contributed by atoms with Gasteiger partial charge in [-0.1, -0.05) is 25.1 Å². The van der Waals surface area contributed by atoms with E-state index in [1.807, 2.05) is 18.3 Å². The fourth-order valence-corrected chi connectivity index (χ4v) is 3.49. The van der Waals surface area contributed by atoms with Crippen molar-refractivity contribution < 1.29 is 22.2 Å². The number of nitrogens with two attached hydrogens (primary N) is 1. The van der Waals surface area contributed by atoms with Gasteiger partial charge in [0.05, 0.1) is 22.6 Å². The Bertz CT molecular complexity index is 1200. The van der Waals surface area contributed by atoms with Crippen LogP contribution in [0.25, 0.3) is 0 Å². The van der Waals surface area contributed by atoms with Gasteiger partial charge in [0, 0.05) is 13.0 Å². The Morgan fingerprint density at radius 3 is 2.51 bits per heavy atom. The second-order valence-corrected chi connectivity index (χ2v) is 8.58. The van der Waals surface area contributed by atoms with Gasteiger partial charge in [-0.25, -0.2) is 17.5 Å². The predicted octanol–water partition coefficient (Wildman–Crippen LogP) is 5.82. The maximum Gasteiger partial charge on any atom is 0.250 e. The first kappa shape index (κ1) is 28.4. The van der Waals surface area contributed by atoms with Crippen LogP contribution in [0.4, 0.5) is 30.2 Å². The molecule has 0 aliphatic rings. The average molecular weight is 525 g/mol. The van der Waals surface area contributed by atoms with Crippen molar-refractivity contribution in [1.29, 1.82) is 0 Å². The predicted molar refractivity (Wildman–Crippen MR) is 140 cm³/mol. The number of hydrogen-bond donors (Lipinski definition) is 3. The summed E-state index contributed by atoms with van der Waals surface area (Å²) in [7, 11) is 1.86. The highest BCUT2D eigenvalue weighted by Gasteiger charge is 2.22. The Kier molecular flexibility index (Phi) is 10.3. The van der Waals surface area contributed by atoms with Crippen LogP contribution in [0, 0.1) is 24.4 Å². The van der Waals surface area contributed by atoms with Crippen LogP contribution in [0.5, 0.6) is 0 Å². The molecule has 4 N–H and O–H groups in total. The molecule has 0 saturated carbocycles. The van der Waals surface area contributed by atoms with Gasteiger partial charge in [0.2, 0.25) is 0 Å². The highest BCUT2D eigenvalue weighted by molar-refractivity contribution is 7.92. The standard InChI is InChI=1S/C24H25F3N4O2S.H2S/c1-4-31(3)34-33-30-17-7-5-6-15(12-17)11-16-13-18(24(28)32)23(22(27)21(16)26)29-20-9-8-14(2)10-19(20)25;/h5-10,12-13,29-30H,4,11H2,1-3H3,(H2,28,32);1H2. The number of aryl methyl sites for hydroxylation is 1. The summed E-state index contributed by atoms with van der Waals surface area (Å²) in [5, 5.41) is 2.47. The van der Waals surface area contributed by atoms with Gasteiger partial charge in [-0.3, -0.25) is 10.3 Å². The Morgan fingerprint density at radius 1 is 1.11 bits per heavy atom. The van der Waals surface area contributed by atoms with Crippen molar-refractivity contribution in [2.75, 3.05) is 24.4 Å². The summed E-state index contributed by atoms with van der Waals surface area (Å²) in [6.45, 7) is 4.44. The summed E-state index contributed by atoms with van der Waals surface area (Å²) in [6, 6.07) is 12.3. The lowest BCUT2D eigenvalue weighted by atomic mass is 9.99. The van der Waals surface area contributed by atoms with Crippen molar-refractivity contribution >= 4 is 48.7 Å². The first-order chi connectivity index (χ1) is 16.2. The number of halogens is 3. The molecule has 0 saturated heterocycles. The summed E-state index contributed by atoms with van der Waals surface area (Å²) in [5.74, 6) is -4.12. The van der Waals surface area contributed by atoms with Crippen LogP contribution in [0.2, 0.25) is 0 Å². The lowest BCUT2D eigenvalue weighted by Gasteiger charge is -2.16. The molecule has 0 bridgehead atoms. The monoisotopic (exact) mass is 524 g/mol. The normalized spacial score (nSPS) is 10.7. The van der Waals surface area contributed by atoms with Crippen molar-refractivity contribution in [3.8, 4) is 0 Å². The lowest BCUT2D eigenvalue weighted by Crippen LogP contribution is -2.17. The van der Waals surface area contributed by atoms with Crippen molar-refractivity contribution in [2.45, 2.75) is 20.3 Å². The second-order valence-electron chi connectivity index (χ2n) is 7.64. The van der Waals surface area contributed by atoms with Gasteiger partial charge < -0.3 is 11.1 Å². The van der Waals surface area contributed by atoms with E-state index in [0.717, 1.165) is 18.8 Å². The van der Waals surface area contributed by atoms with E-state index in [4.69, 9.17) is 10.0 Å². The molecule has 3 aromatic carbocycles. The molecule has 0 spiro atoms. The maximum atomic E-state index is 15.0. The minimum absolute atomic E-state index is 0. The van der Waals surface area contributed by atoms with Crippen molar-refractivity contribution in [3.05, 3.63) is 88.2 Å². The molecule has 0 radical (unpaired) electrons. The van der Waals surface area contributed by atoms with E-state index in [-0.39, 0.29) is 36.7 Å². The lowest BCUT2D eigenvalue weighted by molar-refractivity contribution is 0.100. The molecule has 0 unspecified atom stereocenters. The maximum absolute atomic E-state index is 15.0. The summed E-state index contributed by atoms with van der Waals surface area (Å²) in [4.78, 5) is 12.0. The van der Waals surface area contributed by atoms with Crippen LogP contribution in [0.15, 0.2) is 48.5 Å². The molecular formula is C24H27F3N4O2S2. The minimum atomic E-state index is -1.32. The van der Waals surface area contributed by atoms with E-state index in [2.05, 4.69) is 10.8 Å². The molecule has 188 valence electrons. The number of carbonyl (C=O) groups is 1. The first-order valence-electron chi connectivity index (χ1n) is 10.4. The Balaban J connectivity index is 0.00000432. The zero-order valence-electron chi connectivity index (χ0n) is 19.4. The number of carbonyl (C=O) groups excluding carboxylic acids is 1. The van der Waals surface area contributed by atoms with Gasteiger partial charge in [0.15, 0.2) is 11.6 Å². The van der Waals surface area contributed by atoms with Gasteiger partial charge in [0.1, 0.15) is 18.0 Å². The third kappa shape index (κ3) is 7.31. The molecule has 0 heterocycles. The molecule has 1 amide bonds. The average Bonchev–Trinajstić information content (AvgIpc) is 2.80. The summed E-state index contributed by atoms with van der Waals surface area (Å²) < 4.78 is 51.4. The number of nitrogens with zero attached hydrogens (tertiary/aromatic N) is 1. The van der Waals surface area contributed by atoms with E-state index in [9.17, 15) is 13.6 Å². The molecule has 3 aromatic rings. The smallest absolute Gasteiger partial charge is 0.250 e. The van der Waals surface area contributed by atoms with Crippen LogP contribution in [-0.4, -0.2) is 23.8 Å². The molecular weight excluding hydrogens is 497 g/mol. The third-order valence-corrected chi connectivity index (χ3v) is 5.69. The van der Waals surface area contributed by atoms with E-state index < -0.39 is 29.0 Å². The molecule has 0 fully saturated rings. The molecule has 6 nitrogen and oxygen atoms in total. The molecule has 0 atom stereocenters. The molecule has 0 aliphatic carbocycles. The third-order valence-electron chi connectivity index (χ3n) is 5.02. The Morgan fingerprint density at radius 2 is 1.86 bits per heavy atom. The number of amides is 1. The summed E-state index contributed by atoms with van der Waals surface area (Å²) >= 11 is 1.12. The molecule has 3 rings (SSSR count). The van der Waals surface area contributed by atoms with Crippen LogP contribution in [0.3, 0.4) is 0 Å². The number of nitrogens with one attached hydrogen (secondary N) is 2. The molecule has 35 heavy (non-hydrogen) atoms. The van der Waals surface area contributed by atoms with E-state index >= 15 is 4.39 Å². The quantitative estimate of drug-likeness (QED) is 0.176. The summed E-state index contributed by atoms with van der Waals surface area (Å²) in [6.07, 6.45) is -0.0142.